The van der Waals surface area contributed by atoms with Crippen molar-refractivity contribution in [1.29, 1.82) is 0 Å². The van der Waals surface area contributed by atoms with Crippen molar-refractivity contribution in [2.24, 2.45) is 10.2 Å². The number of nitrogens with zero attached hydrogens (tertiary/aromatic N) is 2. The van der Waals surface area contributed by atoms with Gasteiger partial charge in [0.05, 0.1) is 11.4 Å². The topological polar surface area (TPSA) is 53.8 Å². The van der Waals surface area contributed by atoms with Crippen molar-refractivity contribution in [3.63, 3.8) is 0 Å². The van der Waals surface area contributed by atoms with E-state index in [1.54, 1.807) is 6.07 Å². The maximum absolute atomic E-state index is 13.0. The summed E-state index contributed by atoms with van der Waals surface area (Å²) in [5, 5.41) is 11.4. The summed E-state index contributed by atoms with van der Waals surface area (Å²) in [4.78, 5) is 12.4. The number of halogens is 1. The van der Waals surface area contributed by atoms with Crippen LogP contribution in [0.1, 0.15) is 21.5 Å². The van der Waals surface area contributed by atoms with Gasteiger partial charge in [0.15, 0.2) is 0 Å². The average Bonchev–Trinajstić information content (AvgIpc) is 2.62. The summed E-state index contributed by atoms with van der Waals surface area (Å²) in [5.74, 6) is -0.717. The number of benzene rings is 3. The third-order valence-electron chi connectivity index (χ3n) is 3.78. The minimum Gasteiger partial charge on any atom is -0.320 e. The molecule has 1 N–H and O–H groups in total. The smallest absolute Gasteiger partial charge is 0.255 e. The van der Waals surface area contributed by atoms with E-state index in [2.05, 4.69) is 15.5 Å². The summed E-state index contributed by atoms with van der Waals surface area (Å²) >= 11 is 0. The van der Waals surface area contributed by atoms with Gasteiger partial charge in [0.1, 0.15) is 11.5 Å². The van der Waals surface area contributed by atoms with Crippen LogP contribution in [-0.2, 0) is 0 Å². The molecule has 0 unspecified atom stereocenters. The molecule has 0 fully saturated rings. The van der Waals surface area contributed by atoms with Gasteiger partial charge >= 0.3 is 0 Å². The highest BCUT2D eigenvalue weighted by atomic mass is 19.1. The second kappa shape index (κ2) is 7.70. The minimum atomic E-state index is -0.385. The third kappa shape index (κ3) is 4.39. The lowest BCUT2D eigenvalue weighted by molar-refractivity contribution is 0.102. The number of rotatable bonds is 4. The Morgan fingerprint density at radius 2 is 1.62 bits per heavy atom. The van der Waals surface area contributed by atoms with Gasteiger partial charge in [0.2, 0.25) is 0 Å². The van der Waals surface area contributed by atoms with Crippen molar-refractivity contribution in [2.75, 3.05) is 5.32 Å². The van der Waals surface area contributed by atoms with Gasteiger partial charge in [0, 0.05) is 5.56 Å². The molecule has 0 aliphatic heterocycles. The van der Waals surface area contributed by atoms with Crippen LogP contribution in [0.5, 0.6) is 0 Å². The minimum absolute atomic E-state index is 0.333. The maximum Gasteiger partial charge on any atom is 0.255 e. The fourth-order valence-electron chi connectivity index (χ4n) is 2.43. The predicted octanol–water partition coefficient (Wildman–Crippen LogP) is 6.11. The van der Waals surface area contributed by atoms with Gasteiger partial charge in [-0.2, -0.15) is 5.11 Å². The molecule has 1 amide bonds. The predicted molar refractivity (Wildman–Crippen MR) is 101 cm³/mol. The number of anilines is 1. The van der Waals surface area contributed by atoms with Crippen LogP contribution >= 0.6 is 0 Å². The van der Waals surface area contributed by atoms with Gasteiger partial charge in [-0.1, -0.05) is 18.2 Å². The Bertz CT molecular complexity index is 965. The van der Waals surface area contributed by atoms with Gasteiger partial charge in [-0.15, -0.1) is 5.11 Å². The van der Waals surface area contributed by atoms with E-state index in [4.69, 9.17) is 0 Å². The number of hydrogen-bond donors (Lipinski definition) is 1. The van der Waals surface area contributed by atoms with Crippen LogP contribution < -0.4 is 5.32 Å². The lowest BCUT2D eigenvalue weighted by atomic mass is 10.1. The summed E-state index contributed by atoms with van der Waals surface area (Å²) in [6, 6.07) is 18.6. The van der Waals surface area contributed by atoms with Crippen LogP contribution in [0, 0.1) is 19.7 Å². The summed E-state index contributed by atoms with van der Waals surface area (Å²) in [6.07, 6.45) is 0. The van der Waals surface area contributed by atoms with Gasteiger partial charge in [-0.05, 0) is 73.5 Å². The van der Waals surface area contributed by atoms with Gasteiger partial charge < -0.3 is 5.32 Å². The van der Waals surface area contributed by atoms with E-state index in [1.807, 2.05) is 50.2 Å². The third-order valence-corrected chi connectivity index (χ3v) is 3.78. The van der Waals surface area contributed by atoms with Crippen LogP contribution in [0.25, 0.3) is 0 Å². The standard InChI is InChI=1S/C21H18FN3O/c1-14-4-3-5-18(12-14)24-25-20-13-15(2)6-11-19(20)23-21(26)16-7-9-17(22)10-8-16/h3-13H,1-2H3,(H,23,26). The molecule has 3 aromatic rings. The van der Waals surface area contributed by atoms with Crippen molar-refractivity contribution >= 4 is 23.0 Å². The molecular formula is C21H18FN3O. The van der Waals surface area contributed by atoms with E-state index in [0.29, 0.717) is 16.9 Å². The molecule has 0 aliphatic rings. The van der Waals surface area contributed by atoms with Gasteiger partial charge in [0.25, 0.3) is 5.91 Å². The average molecular weight is 347 g/mol. The number of azo groups is 1. The van der Waals surface area contributed by atoms with E-state index in [1.165, 1.54) is 24.3 Å². The zero-order valence-electron chi connectivity index (χ0n) is 14.5. The molecule has 0 heterocycles. The molecule has 0 atom stereocenters. The van der Waals surface area contributed by atoms with Gasteiger partial charge in [-0.3, -0.25) is 4.79 Å². The van der Waals surface area contributed by atoms with Crippen molar-refractivity contribution in [3.05, 3.63) is 89.2 Å². The number of carbonyl (C=O) groups excluding carboxylic acids is 1. The Hall–Kier alpha value is -3.34. The van der Waals surface area contributed by atoms with E-state index in [-0.39, 0.29) is 11.7 Å². The molecule has 26 heavy (non-hydrogen) atoms. The summed E-state index contributed by atoms with van der Waals surface area (Å²) < 4.78 is 13.0. The lowest BCUT2D eigenvalue weighted by Gasteiger charge is -2.09. The van der Waals surface area contributed by atoms with Crippen LogP contribution in [-0.4, -0.2) is 5.91 Å². The first kappa shape index (κ1) is 17.5. The quantitative estimate of drug-likeness (QED) is 0.569. The number of amides is 1. The maximum atomic E-state index is 13.0. The highest BCUT2D eigenvalue weighted by Gasteiger charge is 2.09. The molecule has 0 aliphatic carbocycles. The first-order valence-electron chi connectivity index (χ1n) is 8.17. The number of hydrogen-bond acceptors (Lipinski definition) is 3. The zero-order valence-corrected chi connectivity index (χ0v) is 14.5. The van der Waals surface area contributed by atoms with Crippen LogP contribution in [0.4, 0.5) is 21.5 Å². The summed E-state index contributed by atoms with van der Waals surface area (Å²) in [5.41, 5.74) is 4.30. The van der Waals surface area contributed by atoms with E-state index < -0.39 is 0 Å². The Labute approximate surface area is 151 Å². The second-order valence-electron chi connectivity index (χ2n) is 6.02. The van der Waals surface area contributed by atoms with Gasteiger partial charge in [-0.25, -0.2) is 4.39 Å². The van der Waals surface area contributed by atoms with Crippen LogP contribution in [0.15, 0.2) is 77.0 Å². The molecular weight excluding hydrogens is 329 g/mol. The van der Waals surface area contributed by atoms with Crippen LogP contribution in [0.3, 0.4) is 0 Å². The summed E-state index contributed by atoms with van der Waals surface area (Å²) in [7, 11) is 0. The van der Waals surface area contributed by atoms with Crippen molar-refractivity contribution in [2.45, 2.75) is 13.8 Å². The largest absolute Gasteiger partial charge is 0.320 e. The summed E-state index contributed by atoms with van der Waals surface area (Å²) in [6.45, 7) is 3.93. The number of aryl methyl sites for hydroxylation is 2. The van der Waals surface area contributed by atoms with Crippen LogP contribution in [0.2, 0.25) is 0 Å². The molecule has 5 heteroatoms. The first-order chi connectivity index (χ1) is 12.5. The first-order valence-corrected chi connectivity index (χ1v) is 8.17. The Balaban J connectivity index is 1.86. The molecule has 4 nitrogen and oxygen atoms in total. The Morgan fingerprint density at radius 1 is 0.885 bits per heavy atom. The molecule has 3 aromatic carbocycles. The molecule has 0 aromatic heterocycles. The molecule has 0 saturated heterocycles. The molecule has 0 spiro atoms. The fourth-order valence-corrected chi connectivity index (χ4v) is 2.43. The van der Waals surface area contributed by atoms with E-state index in [0.717, 1.165) is 16.8 Å². The molecule has 130 valence electrons. The van der Waals surface area contributed by atoms with Crippen molar-refractivity contribution in [3.8, 4) is 0 Å². The Kier molecular flexibility index (Phi) is 5.17. The Morgan fingerprint density at radius 3 is 2.35 bits per heavy atom. The van der Waals surface area contributed by atoms with E-state index >= 15 is 0 Å². The van der Waals surface area contributed by atoms with Crippen molar-refractivity contribution in [1.82, 2.24) is 0 Å². The zero-order chi connectivity index (χ0) is 18.5. The molecule has 0 saturated carbocycles. The number of nitrogens with one attached hydrogen (secondary N) is 1. The fraction of sp³-hybridized carbons (Fsp3) is 0.0952. The molecule has 0 radical (unpaired) electrons. The SMILES string of the molecule is Cc1cccc(N=Nc2cc(C)ccc2NC(=O)c2ccc(F)cc2)c1. The molecule has 0 bridgehead atoms. The van der Waals surface area contributed by atoms with Crippen molar-refractivity contribution < 1.29 is 9.18 Å². The normalized spacial score (nSPS) is 10.9. The molecule has 3 rings (SSSR count). The monoisotopic (exact) mass is 347 g/mol. The number of carbonyl (C=O) groups is 1. The highest BCUT2D eigenvalue weighted by Crippen LogP contribution is 2.29. The lowest BCUT2D eigenvalue weighted by Crippen LogP contribution is -2.11. The second-order valence-corrected chi connectivity index (χ2v) is 6.02. The highest BCUT2D eigenvalue weighted by molar-refractivity contribution is 6.05. The van der Waals surface area contributed by atoms with E-state index in [9.17, 15) is 9.18 Å².